The predicted molar refractivity (Wildman–Crippen MR) is 130 cm³/mol. The summed E-state index contributed by atoms with van der Waals surface area (Å²) in [6.45, 7) is 10.7. The molecular weight excluding hydrogens is 458 g/mol. The van der Waals surface area contributed by atoms with Gasteiger partial charge < -0.3 is 25.1 Å². The molecule has 0 aromatic rings. The Morgan fingerprint density at radius 1 is 0.829 bits per heavy atom. The zero-order chi connectivity index (χ0) is 26.3. The normalized spacial score (nSPS) is 18.4. The van der Waals surface area contributed by atoms with E-state index in [2.05, 4.69) is 5.32 Å². The highest BCUT2D eigenvalue weighted by Crippen LogP contribution is 2.09. The third-order valence-electron chi connectivity index (χ3n) is 5.90. The van der Waals surface area contributed by atoms with Crippen molar-refractivity contribution in [2.75, 3.05) is 91.8 Å². The lowest BCUT2D eigenvalue weighted by Gasteiger charge is -2.33. The molecule has 0 bridgehead atoms. The van der Waals surface area contributed by atoms with Crippen LogP contribution in [0.4, 0.5) is 0 Å². The average molecular weight is 502 g/mol. The molecule has 0 radical (unpaired) electrons. The molecule has 202 valence electrons. The minimum absolute atomic E-state index is 0.127. The van der Waals surface area contributed by atoms with Crippen LogP contribution in [0.1, 0.15) is 27.2 Å². The Morgan fingerprint density at radius 3 is 1.66 bits per heavy atom. The SMILES string of the molecule is CCOCCC(C)(C)NC(=O)CN1CCN(CC=O)CCN(CC(=O)O)CCN(CC(=O)O)CC1. The molecule has 1 amide bonds. The van der Waals surface area contributed by atoms with Gasteiger partial charge in [-0.05, 0) is 27.2 Å². The van der Waals surface area contributed by atoms with Crippen molar-refractivity contribution in [3.05, 3.63) is 0 Å². The molecule has 1 aliphatic rings. The molecule has 0 aliphatic carbocycles. The van der Waals surface area contributed by atoms with Gasteiger partial charge >= 0.3 is 11.9 Å². The Hall–Kier alpha value is -2.12. The van der Waals surface area contributed by atoms with Gasteiger partial charge in [0.2, 0.25) is 5.91 Å². The van der Waals surface area contributed by atoms with E-state index in [1.807, 2.05) is 30.6 Å². The molecule has 1 fully saturated rings. The number of nitrogens with one attached hydrogen (secondary N) is 1. The van der Waals surface area contributed by atoms with Crippen LogP contribution in [0.25, 0.3) is 0 Å². The van der Waals surface area contributed by atoms with Crippen molar-refractivity contribution in [3.8, 4) is 0 Å². The van der Waals surface area contributed by atoms with Crippen LogP contribution in [0.3, 0.4) is 0 Å². The number of carbonyl (C=O) groups is 4. The molecule has 1 saturated heterocycles. The third kappa shape index (κ3) is 14.8. The number of rotatable bonds is 13. The van der Waals surface area contributed by atoms with E-state index in [4.69, 9.17) is 4.74 Å². The Labute approximate surface area is 208 Å². The van der Waals surface area contributed by atoms with Gasteiger partial charge in [-0.2, -0.15) is 0 Å². The second-order valence-corrected chi connectivity index (χ2v) is 9.46. The Kier molecular flexibility index (Phi) is 14.6. The molecular formula is C23H43N5O7. The first-order chi connectivity index (χ1) is 16.5. The number of nitrogens with zero attached hydrogens (tertiary/aromatic N) is 4. The van der Waals surface area contributed by atoms with Crippen molar-refractivity contribution >= 4 is 24.1 Å². The number of carboxylic acid groups (broad SMARTS) is 2. The number of amides is 1. The molecule has 0 unspecified atom stereocenters. The van der Waals surface area contributed by atoms with Gasteiger partial charge in [0.25, 0.3) is 0 Å². The summed E-state index contributed by atoms with van der Waals surface area (Å²) < 4.78 is 5.40. The van der Waals surface area contributed by atoms with Crippen molar-refractivity contribution < 1.29 is 34.1 Å². The van der Waals surface area contributed by atoms with E-state index in [0.717, 1.165) is 6.29 Å². The topological polar surface area (TPSA) is 143 Å². The number of aldehydes is 1. The van der Waals surface area contributed by atoms with Crippen molar-refractivity contribution in [3.63, 3.8) is 0 Å². The van der Waals surface area contributed by atoms with Gasteiger partial charge in [0.05, 0.1) is 26.2 Å². The monoisotopic (exact) mass is 501 g/mol. The van der Waals surface area contributed by atoms with Crippen LogP contribution in [0.15, 0.2) is 0 Å². The highest BCUT2D eigenvalue weighted by atomic mass is 16.5. The summed E-state index contributed by atoms with van der Waals surface area (Å²) in [6, 6.07) is 0. The van der Waals surface area contributed by atoms with Crippen LogP contribution in [0, 0.1) is 0 Å². The Bertz CT molecular complexity index is 677. The van der Waals surface area contributed by atoms with Gasteiger partial charge in [-0.1, -0.05) is 0 Å². The van der Waals surface area contributed by atoms with Crippen molar-refractivity contribution in [2.24, 2.45) is 0 Å². The number of hydrogen-bond acceptors (Lipinski definition) is 9. The molecule has 0 aromatic carbocycles. The van der Waals surface area contributed by atoms with Crippen LogP contribution in [0.2, 0.25) is 0 Å². The fraction of sp³-hybridized carbons (Fsp3) is 0.826. The fourth-order valence-electron chi connectivity index (χ4n) is 3.88. The van der Waals surface area contributed by atoms with E-state index in [0.29, 0.717) is 72.0 Å². The number of aliphatic carboxylic acids is 2. The summed E-state index contributed by atoms with van der Waals surface area (Å²) in [7, 11) is 0. The molecule has 12 nitrogen and oxygen atoms in total. The second kappa shape index (κ2) is 16.5. The lowest BCUT2D eigenvalue weighted by Crippen LogP contribution is -2.51. The van der Waals surface area contributed by atoms with Gasteiger partial charge in [-0.3, -0.25) is 34.0 Å². The van der Waals surface area contributed by atoms with Gasteiger partial charge in [0, 0.05) is 71.1 Å². The van der Waals surface area contributed by atoms with Crippen LogP contribution in [-0.4, -0.2) is 151 Å². The van der Waals surface area contributed by atoms with Crippen molar-refractivity contribution in [1.82, 2.24) is 24.9 Å². The van der Waals surface area contributed by atoms with Crippen LogP contribution >= 0.6 is 0 Å². The lowest BCUT2D eigenvalue weighted by atomic mass is 10.0. The van der Waals surface area contributed by atoms with Gasteiger partial charge in [-0.15, -0.1) is 0 Å². The number of ether oxygens (including phenoxy) is 1. The van der Waals surface area contributed by atoms with E-state index < -0.39 is 17.5 Å². The molecule has 3 N–H and O–H groups in total. The fourth-order valence-corrected chi connectivity index (χ4v) is 3.88. The summed E-state index contributed by atoms with van der Waals surface area (Å²) in [5, 5.41) is 21.6. The summed E-state index contributed by atoms with van der Waals surface area (Å²) in [5.41, 5.74) is -0.425. The van der Waals surface area contributed by atoms with Crippen LogP contribution < -0.4 is 5.32 Å². The Morgan fingerprint density at radius 2 is 1.26 bits per heavy atom. The summed E-state index contributed by atoms with van der Waals surface area (Å²) in [5.74, 6) is -2.04. The van der Waals surface area contributed by atoms with E-state index in [1.165, 1.54) is 0 Å². The quantitative estimate of drug-likeness (QED) is 0.209. The zero-order valence-electron chi connectivity index (χ0n) is 21.4. The van der Waals surface area contributed by atoms with Crippen molar-refractivity contribution in [2.45, 2.75) is 32.7 Å². The molecule has 1 rings (SSSR count). The molecule has 0 aromatic heterocycles. The summed E-state index contributed by atoms with van der Waals surface area (Å²) in [6.07, 6.45) is 1.50. The highest BCUT2D eigenvalue weighted by molar-refractivity contribution is 5.78. The van der Waals surface area contributed by atoms with Gasteiger partial charge in [0.1, 0.15) is 6.29 Å². The summed E-state index contributed by atoms with van der Waals surface area (Å²) in [4.78, 5) is 54.0. The maximum absolute atomic E-state index is 12.8. The maximum Gasteiger partial charge on any atom is 0.317 e. The van der Waals surface area contributed by atoms with E-state index in [1.54, 1.807) is 9.80 Å². The minimum atomic E-state index is -0.959. The summed E-state index contributed by atoms with van der Waals surface area (Å²) >= 11 is 0. The van der Waals surface area contributed by atoms with Crippen molar-refractivity contribution in [1.29, 1.82) is 0 Å². The average Bonchev–Trinajstić information content (AvgIpc) is 2.74. The van der Waals surface area contributed by atoms with Gasteiger partial charge in [0.15, 0.2) is 0 Å². The first-order valence-corrected chi connectivity index (χ1v) is 12.2. The van der Waals surface area contributed by atoms with Crippen LogP contribution in [0.5, 0.6) is 0 Å². The van der Waals surface area contributed by atoms with E-state index in [-0.39, 0.29) is 32.1 Å². The van der Waals surface area contributed by atoms with E-state index >= 15 is 0 Å². The highest BCUT2D eigenvalue weighted by Gasteiger charge is 2.23. The third-order valence-corrected chi connectivity index (χ3v) is 5.90. The number of carbonyl (C=O) groups excluding carboxylic acids is 2. The van der Waals surface area contributed by atoms with E-state index in [9.17, 15) is 29.4 Å². The molecule has 12 heteroatoms. The van der Waals surface area contributed by atoms with Crippen LogP contribution in [-0.2, 0) is 23.9 Å². The smallest absolute Gasteiger partial charge is 0.317 e. The molecule has 0 spiro atoms. The van der Waals surface area contributed by atoms with Gasteiger partial charge in [-0.25, -0.2) is 0 Å². The largest absolute Gasteiger partial charge is 0.480 e. The number of carboxylic acids is 2. The minimum Gasteiger partial charge on any atom is -0.480 e. The molecule has 35 heavy (non-hydrogen) atoms. The first-order valence-electron chi connectivity index (χ1n) is 12.2. The second-order valence-electron chi connectivity index (χ2n) is 9.46. The zero-order valence-corrected chi connectivity index (χ0v) is 21.4. The molecule has 0 saturated carbocycles. The first kappa shape index (κ1) is 30.9. The standard InChI is InChI=1S/C23H43N5O7/c1-4-35-16-5-23(2,3)24-20(30)17-26-8-6-25(14-15-29)7-9-27(18-21(31)32)12-13-28(11-10-26)19-22(33)34/h15H,4-14,16-19H2,1-3H3,(H,24,30)(H,31,32)(H,33,34). The Balaban J connectivity index is 2.88. The molecule has 1 aliphatic heterocycles. The number of hydrogen-bond donors (Lipinski definition) is 3. The molecule has 0 atom stereocenters. The maximum atomic E-state index is 12.8. The lowest BCUT2D eigenvalue weighted by molar-refractivity contribution is -0.140. The molecule has 1 heterocycles. The predicted octanol–water partition coefficient (Wildman–Crippen LogP) is -1.10.